The Morgan fingerprint density at radius 2 is 1.12 bits per heavy atom. The zero-order valence-electron chi connectivity index (χ0n) is 17.0. The second-order valence-corrected chi connectivity index (χ2v) is 7.72. The van der Waals surface area contributed by atoms with Gasteiger partial charge in [0.25, 0.3) is 0 Å². The minimum absolute atomic E-state index is 0.104. The summed E-state index contributed by atoms with van der Waals surface area (Å²) in [7, 11) is -2.40. The molecule has 0 aromatic heterocycles. The summed E-state index contributed by atoms with van der Waals surface area (Å²) in [6.07, 6.45) is 1.10. The topological polar surface area (TPSA) is 106 Å². The van der Waals surface area contributed by atoms with Gasteiger partial charge in [0.1, 0.15) is 0 Å². The van der Waals surface area contributed by atoms with Gasteiger partial charge in [0.2, 0.25) is 0 Å². The smallest absolute Gasteiger partial charge is 0.466 e. The van der Waals surface area contributed by atoms with Crippen molar-refractivity contribution in [3.05, 3.63) is 0 Å². The highest BCUT2D eigenvalue weighted by Gasteiger charge is 2.39. The van der Waals surface area contributed by atoms with Gasteiger partial charge in [-0.1, -0.05) is 0 Å². The number of carbonyl (C=O) groups excluding carboxylic acids is 2. The lowest BCUT2D eigenvalue weighted by atomic mass is 10.3. The first-order valence-electron chi connectivity index (χ1n) is 9.38. The third kappa shape index (κ3) is 15.3. The number of carbonyl (C=O) groups is 2. The van der Waals surface area contributed by atoms with Crippen LogP contribution in [-0.4, -0.2) is 60.3 Å². The number of rotatable bonds is 14. The molecule has 0 aliphatic carbocycles. The third-order valence-corrected chi connectivity index (χ3v) is 6.08. The Morgan fingerprint density at radius 3 is 1.38 bits per heavy atom. The molecule has 0 rings (SSSR count). The number of hydrogen-bond acceptors (Lipinski definition) is 8. The van der Waals surface area contributed by atoms with Gasteiger partial charge in [0, 0.05) is 25.9 Å². The molecule has 0 spiro atoms. The molecule has 0 aromatic rings. The molecule has 0 saturated heterocycles. The Bertz CT molecular complexity index is 321. The van der Waals surface area contributed by atoms with E-state index in [2.05, 4.69) is 9.47 Å². The van der Waals surface area contributed by atoms with E-state index in [-0.39, 0.29) is 24.8 Å². The SMILES string of the molecule is CCOC(=O)CCC(=O)OCC.CCO[Si](CCCN)(OCC)OCC. The standard InChI is InChI=1S/C9H23NO3Si.C8H14O4/c1-4-11-14(12-5-2,13-6-3)9-7-8-10;1-3-11-7(9)5-6-8(10)12-4-2/h4-10H2,1-3H3;3-6H2,1-2H3. The average molecular weight is 396 g/mol. The normalized spacial score (nSPS) is 10.7. The second kappa shape index (κ2) is 18.8. The number of esters is 2. The average Bonchev–Trinajstić information content (AvgIpc) is 2.60. The van der Waals surface area contributed by atoms with E-state index in [9.17, 15) is 9.59 Å². The van der Waals surface area contributed by atoms with Crippen molar-refractivity contribution in [2.45, 2.75) is 59.9 Å². The Morgan fingerprint density at radius 1 is 0.731 bits per heavy atom. The molecule has 0 saturated carbocycles. The lowest BCUT2D eigenvalue weighted by molar-refractivity contribution is -0.149. The zero-order chi connectivity index (χ0) is 20.3. The quantitative estimate of drug-likeness (QED) is 0.353. The summed E-state index contributed by atoms with van der Waals surface area (Å²) < 4.78 is 26.2. The van der Waals surface area contributed by atoms with Crippen LogP contribution in [0.1, 0.15) is 53.9 Å². The maximum Gasteiger partial charge on any atom is 0.500 e. The predicted octanol–water partition coefficient (Wildman–Crippen LogP) is 2.28. The summed E-state index contributed by atoms with van der Waals surface area (Å²) in [6, 6.07) is 0.818. The molecular weight excluding hydrogens is 358 g/mol. The van der Waals surface area contributed by atoms with Gasteiger partial charge in [-0.05, 0) is 47.6 Å². The van der Waals surface area contributed by atoms with Crippen LogP contribution in [0.15, 0.2) is 0 Å². The van der Waals surface area contributed by atoms with Crippen molar-refractivity contribution >= 4 is 20.7 Å². The molecule has 0 atom stereocenters. The zero-order valence-corrected chi connectivity index (χ0v) is 18.0. The highest BCUT2D eigenvalue weighted by molar-refractivity contribution is 6.60. The van der Waals surface area contributed by atoms with Crippen molar-refractivity contribution < 1.29 is 32.3 Å². The van der Waals surface area contributed by atoms with Gasteiger partial charge in [0.15, 0.2) is 0 Å². The van der Waals surface area contributed by atoms with Crippen LogP contribution in [0.5, 0.6) is 0 Å². The van der Waals surface area contributed by atoms with Crippen molar-refractivity contribution in [1.82, 2.24) is 0 Å². The van der Waals surface area contributed by atoms with Crippen molar-refractivity contribution in [3.8, 4) is 0 Å². The van der Waals surface area contributed by atoms with Crippen LogP contribution in [0.3, 0.4) is 0 Å². The van der Waals surface area contributed by atoms with Crippen LogP contribution in [0.4, 0.5) is 0 Å². The molecule has 2 N–H and O–H groups in total. The molecular formula is C17H37NO7Si. The van der Waals surface area contributed by atoms with Crippen LogP contribution in [0.25, 0.3) is 0 Å². The van der Waals surface area contributed by atoms with Gasteiger partial charge < -0.3 is 28.5 Å². The van der Waals surface area contributed by atoms with E-state index in [4.69, 9.17) is 19.0 Å². The lowest BCUT2D eigenvalue weighted by Crippen LogP contribution is -2.46. The number of nitrogens with two attached hydrogens (primary N) is 1. The van der Waals surface area contributed by atoms with E-state index in [1.165, 1.54) is 0 Å². The molecule has 0 heterocycles. The molecule has 0 unspecified atom stereocenters. The molecule has 0 aliphatic heterocycles. The molecule has 9 heteroatoms. The minimum Gasteiger partial charge on any atom is -0.466 e. The Hall–Kier alpha value is -1.00. The molecule has 26 heavy (non-hydrogen) atoms. The van der Waals surface area contributed by atoms with Gasteiger partial charge in [-0.2, -0.15) is 0 Å². The monoisotopic (exact) mass is 395 g/mol. The van der Waals surface area contributed by atoms with E-state index < -0.39 is 8.80 Å². The van der Waals surface area contributed by atoms with Crippen LogP contribution in [0.2, 0.25) is 6.04 Å². The van der Waals surface area contributed by atoms with Gasteiger partial charge in [-0.25, -0.2) is 0 Å². The first-order chi connectivity index (χ1) is 12.4. The number of hydrogen-bond donors (Lipinski definition) is 1. The lowest BCUT2D eigenvalue weighted by Gasteiger charge is -2.28. The molecule has 8 nitrogen and oxygen atoms in total. The second-order valence-electron chi connectivity index (χ2n) is 4.98. The summed E-state index contributed by atoms with van der Waals surface area (Å²) in [5.74, 6) is -0.712. The molecule has 0 fully saturated rings. The van der Waals surface area contributed by atoms with Crippen LogP contribution in [-0.2, 0) is 32.3 Å². The van der Waals surface area contributed by atoms with Gasteiger partial charge in [-0.3, -0.25) is 9.59 Å². The van der Waals surface area contributed by atoms with E-state index in [1.54, 1.807) is 13.8 Å². The van der Waals surface area contributed by atoms with Crippen molar-refractivity contribution in [1.29, 1.82) is 0 Å². The Labute approximate surface area is 159 Å². The highest BCUT2D eigenvalue weighted by Crippen LogP contribution is 2.17. The number of ether oxygens (including phenoxy) is 2. The summed E-state index contributed by atoms with van der Waals surface area (Å²) in [5, 5.41) is 0. The fourth-order valence-corrected chi connectivity index (χ4v) is 4.63. The van der Waals surface area contributed by atoms with Crippen LogP contribution < -0.4 is 5.73 Å². The van der Waals surface area contributed by atoms with Crippen LogP contribution in [0, 0.1) is 0 Å². The summed E-state index contributed by atoms with van der Waals surface area (Å²) in [4.78, 5) is 21.4. The van der Waals surface area contributed by atoms with Gasteiger partial charge in [0.05, 0.1) is 26.1 Å². The van der Waals surface area contributed by atoms with Crippen molar-refractivity contribution in [2.75, 3.05) is 39.6 Å². The van der Waals surface area contributed by atoms with Crippen molar-refractivity contribution in [3.63, 3.8) is 0 Å². The van der Waals surface area contributed by atoms with Crippen LogP contribution >= 0.6 is 0 Å². The molecule has 0 aliphatic rings. The summed E-state index contributed by atoms with van der Waals surface area (Å²) >= 11 is 0. The first kappa shape index (κ1) is 27.2. The predicted molar refractivity (Wildman–Crippen MR) is 102 cm³/mol. The highest BCUT2D eigenvalue weighted by atomic mass is 28.4. The van der Waals surface area contributed by atoms with E-state index in [0.717, 1.165) is 12.5 Å². The molecule has 0 radical (unpaired) electrons. The maximum atomic E-state index is 10.7. The Kier molecular flexibility index (Phi) is 19.7. The van der Waals surface area contributed by atoms with E-state index in [1.807, 2.05) is 20.8 Å². The largest absolute Gasteiger partial charge is 0.500 e. The maximum absolute atomic E-state index is 10.7. The van der Waals surface area contributed by atoms with Crippen molar-refractivity contribution in [2.24, 2.45) is 5.73 Å². The molecule has 0 aromatic carbocycles. The summed E-state index contributed by atoms with van der Waals surface area (Å²) in [6.45, 7) is 12.6. The molecule has 156 valence electrons. The van der Waals surface area contributed by atoms with E-state index in [0.29, 0.717) is 39.6 Å². The molecule has 0 amide bonds. The minimum atomic E-state index is -2.40. The third-order valence-electron chi connectivity index (χ3n) is 2.92. The van der Waals surface area contributed by atoms with Gasteiger partial charge >= 0.3 is 20.7 Å². The van der Waals surface area contributed by atoms with E-state index >= 15 is 0 Å². The Balaban J connectivity index is 0. The first-order valence-corrected chi connectivity index (χ1v) is 11.3. The molecule has 0 bridgehead atoms. The fourth-order valence-electron chi connectivity index (χ4n) is 1.99. The summed E-state index contributed by atoms with van der Waals surface area (Å²) in [5.41, 5.74) is 5.48. The fraction of sp³-hybridized carbons (Fsp3) is 0.882. The van der Waals surface area contributed by atoms with Gasteiger partial charge in [-0.15, -0.1) is 0 Å².